The first kappa shape index (κ1) is 16.9. The average Bonchev–Trinajstić information content (AvgIpc) is 2.47. The topological polar surface area (TPSA) is 41.3 Å². The van der Waals surface area contributed by atoms with E-state index in [2.05, 4.69) is 40.1 Å². The highest BCUT2D eigenvalue weighted by Gasteiger charge is 2.35. The Hall–Kier alpha value is -0.490. The Morgan fingerprint density at radius 1 is 1.33 bits per heavy atom. The summed E-state index contributed by atoms with van der Waals surface area (Å²) in [5, 5.41) is 0. The molecular formula is C16H25BrFN3. The van der Waals surface area contributed by atoms with Gasteiger partial charge < -0.3 is 0 Å². The number of hydrazine groups is 1. The summed E-state index contributed by atoms with van der Waals surface area (Å²) in [6, 6.07) is 5.22. The maximum Gasteiger partial charge on any atom is 0.127 e. The van der Waals surface area contributed by atoms with Crippen LogP contribution in [0.2, 0.25) is 0 Å². The number of piperidine rings is 1. The van der Waals surface area contributed by atoms with Crippen molar-refractivity contribution in [3.8, 4) is 0 Å². The fraction of sp³-hybridized carbons (Fsp3) is 0.625. The predicted molar refractivity (Wildman–Crippen MR) is 88.4 cm³/mol. The molecule has 1 aliphatic rings. The van der Waals surface area contributed by atoms with E-state index >= 15 is 0 Å². The molecule has 0 aromatic heterocycles. The molecule has 21 heavy (non-hydrogen) atoms. The van der Waals surface area contributed by atoms with Gasteiger partial charge >= 0.3 is 0 Å². The summed E-state index contributed by atoms with van der Waals surface area (Å²) in [6.07, 6.45) is 4.34. The predicted octanol–water partition coefficient (Wildman–Crippen LogP) is 3.23. The summed E-state index contributed by atoms with van der Waals surface area (Å²) >= 11 is 3.29. The van der Waals surface area contributed by atoms with Crippen LogP contribution in [0.1, 0.15) is 38.7 Å². The van der Waals surface area contributed by atoms with Gasteiger partial charge in [-0.05, 0) is 63.9 Å². The molecule has 3 nitrogen and oxygen atoms in total. The summed E-state index contributed by atoms with van der Waals surface area (Å²) in [5.74, 6) is 5.60. The first-order chi connectivity index (χ1) is 9.95. The van der Waals surface area contributed by atoms with Gasteiger partial charge in [-0.1, -0.05) is 28.4 Å². The van der Waals surface area contributed by atoms with E-state index in [4.69, 9.17) is 5.84 Å². The summed E-state index contributed by atoms with van der Waals surface area (Å²) in [5.41, 5.74) is 3.51. The zero-order valence-electron chi connectivity index (χ0n) is 12.8. The van der Waals surface area contributed by atoms with Crippen LogP contribution < -0.4 is 11.3 Å². The van der Waals surface area contributed by atoms with E-state index in [0.717, 1.165) is 17.6 Å². The van der Waals surface area contributed by atoms with Gasteiger partial charge in [0.15, 0.2) is 0 Å². The third kappa shape index (κ3) is 4.03. The Bertz CT molecular complexity index is 473. The number of rotatable bonds is 5. The van der Waals surface area contributed by atoms with Crippen LogP contribution in [0.4, 0.5) is 4.39 Å². The van der Waals surface area contributed by atoms with E-state index in [0.29, 0.717) is 12.0 Å². The first-order valence-corrected chi connectivity index (χ1v) is 8.39. The van der Waals surface area contributed by atoms with Crippen molar-refractivity contribution in [2.24, 2.45) is 5.84 Å². The molecular weight excluding hydrogens is 333 g/mol. The molecule has 0 aliphatic carbocycles. The number of nitrogens with two attached hydrogens (primary N) is 1. The van der Waals surface area contributed by atoms with Crippen LogP contribution in [0.15, 0.2) is 22.7 Å². The van der Waals surface area contributed by atoms with Crippen LogP contribution in [-0.2, 0) is 6.42 Å². The minimum atomic E-state index is -0.181. The quantitative estimate of drug-likeness (QED) is 0.627. The average molecular weight is 358 g/mol. The molecule has 2 rings (SSSR count). The molecule has 118 valence electrons. The lowest BCUT2D eigenvalue weighted by Gasteiger charge is -2.45. The Balaban J connectivity index is 2.14. The van der Waals surface area contributed by atoms with Crippen LogP contribution in [-0.4, -0.2) is 29.6 Å². The van der Waals surface area contributed by atoms with Crippen LogP contribution >= 0.6 is 15.9 Å². The third-order valence-corrected chi connectivity index (χ3v) is 5.16. The van der Waals surface area contributed by atoms with Gasteiger partial charge in [-0.25, -0.2) is 4.39 Å². The van der Waals surface area contributed by atoms with E-state index in [-0.39, 0.29) is 17.4 Å². The van der Waals surface area contributed by atoms with Crippen molar-refractivity contribution in [3.63, 3.8) is 0 Å². The highest BCUT2D eigenvalue weighted by atomic mass is 79.9. The molecule has 1 aromatic rings. The van der Waals surface area contributed by atoms with E-state index in [9.17, 15) is 4.39 Å². The number of halogens is 2. The fourth-order valence-corrected chi connectivity index (χ4v) is 3.44. The monoisotopic (exact) mass is 357 g/mol. The number of nitrogens with zero attached hydrogens (tertiary/aromatic N) is 1. The second-order valence-electron chi connectivity index (χ2n) is 6.36. The van der Waals surface area contributed by atoms with E-state index < -0.39 is 0 Å². The van der Waals surface area contributed by atoms with Crippen LogP contribution in [0.3, 0.4) is 0 Å². The smallest absolute Gasteiger partial charge is 0.127 e. The Morgan fingerprint density at radius 3 is 2.57 bits per heavy atom. The molecule has 1 fully saturated rings. The van der Waals surface area contributed by atoms with Crippen molar-refractivity contribution >= 4 is 15.9 Å². The van der Waals surface area contributed by atoms with Gasteiger partial charge in [0, 0.05) is 16.1 Å². The Kier molecular flexibility index (Phi) is 5.77. The summed E-state index contributed by atoms with van der Waals surface area (Å²) in [4.78, 5) is 2.47. The zero-order valence-corrected chi connectivity index (χ0v) is 14.4. The van der Waals surface area contributed by atoms with Crippen molar-refractivity contribution in [1.82, 2.24) is 10.3 Å². The molecule has 0 bridgehead atoms. The molecule has 5 heteroatoms. The van der Waals surface area contributed by atoms with Crippen molar-refractivity contribution in [2.75, 3.05) is 13.1 Å². The Labute approximate surface area is 135 Å². The van der Waals surface area contributed by atoms with E-state index in [1.54, 1.807) is 0 Å². The molecule has 1 aliphatic heterocycles. The molecule has 3 N–H and O–H groups in total. The van der Waals surface area contributed by atoms with Crippen molar-refractivity contribution in [3.05, 3.63) is 34.1 Å². The second kappa shape index (κ2) is 7.18. The normalized spacial score (nSPS) is 18.7. The molecule has 0 amide bonds. The van der Waals surface area contributed by atoms with Crippen LogP contribution in [0.25, 0.3) is 0 Å². The number of nitrogens with one attached hydrogen (secondary N) is 1. The van der Waals surface area contributed by atoms with Crippen molar-refractivity contribution in [2.45, 2.75) is 51.1 Å². The second-order valence-corrected chi connectivity index (χ2v) is 7.28. The molecule has 0 saturated carbocycles. The maximum absolute atomic E-state index is 14.1. The molecule has 0 radical (unpaired) electrons. The summed E-state index contributed by atoms with van der Waals surface area (Å²) in [7, 11) is 0. The molecule has 1 heterocycles. The summed E-state index contributed by atoms with van der Waals surface area (Å²) in [6.45, 7) is 6.57. The van der Waals surface area contributed by atoms with Crippen LogP contribution in [0.5, 0.6) is 0 Å². The van der Waals surface area contributed by atoms with Gasteiger partial charge in [0.2, 0.25) is 0 Å². The molecule has 1 atom stereocenters. The van der Waals surface area contributed by atoms with Crippen LogP contribution in [0, 0.1) is 5.82 Å². The lowest BCUT2D eigenvalue weighted by molar-refractivity contribution is 0.0608. The SMILES string of the molecule is CC(C)(C(Cc1ccc(Br)cc1F)NN)N1CCCCC1. The molecule has 0 spiro atoms. The molecule has 1 unspecified atom stereocenters. The largest absolute Gasteiger partial charge is 0.297 e. The highest BCUT2D eigenvalue weighted by Crippen LogP contribution is 2.26. The fourth-order valence-electron chi connectivity index (χ4n) is 3.11. The first-order valence-electron chi connectivity index (χ1n) is 7.60. The number of hydrogen-bond acceptors (Lipinski definition) is 3. The van der Waals surface area contributed by atoms with Gasteiger partial charge in [-0.15, -0.1) is 0 Å². The zero-order chi connectivity index (χ0) is 15.5. The maximum atomic E-state index is 14.1. The van der Waals surface area contributed by atoms with E-state index in [1.807, 2.05) is 12.1 Å². The van der Waals surface area contributed by atoms with Gasteiger partial charge in [0.25, 0.3) is 0 Å². The van der Waals surface area contributed by atoms with Crippen molar-refractivity contribution < 1.29 is 4.39 Å². The lowest BCUT2D eigenvalue weighted by atomic mass is 9.86. The molecule has 1 saturated heterocycles. The minimum Gasteiger partial charge on any atom is -0.297 e. The molecule has 1 aromatic carbocycles. The number of likely N-dealkylation sites (tertiary alicyclic amines) is 1. The van der Waals surface area contributed by atoms with Gasteiger partial charge in [-0.3, -0.25) is 16.2 Å². The third-order valence-electron chi connectivity index (χ3n) is 4.66. The Morgan fingerprint density at radius 2 is 2.00 bits per heavy atom. The van der Waals surface area contributed by atoms with Gasteiger partial charge in [-0.2, -0.15) is 0 Å². The summed E-state index contributed by atoms with van der Waals surface area (Å²) < 4.78 is 14.8. The number of hydrogen-bond donors (Lipinski definition) is 2. The van der Waals surface area contributed by atoms with E-state index in [1.165, 1.54) is 25.3 Å². The minimum absolute atomic E-state index is 0.00581. The van der Waals surface area contributed by atoms with Gasteiger partial charge in [0.05, 0.1) is 0 Å². The lowest BCUT2D eigenvalue weighted by Crippen LogP contribution is -2.61. The standard InChI is InChI=1S/C16H25BrFN3/c1-16(2,21-8-4-3-5-9-21)15(20-19)10-12-6-7-13(17)11-14(12)18/h6-7,11,15,20H,3-5,8-10,19H2,1-2H3. The number of benzene rings is 1. The van der Waals surface area contributed by atoms with Gasteiger partial charge in [0.1, 0.15) is 5.82 Å². The highest BCUT2D eigenvalue weighted by molar-refractivity contribution is 9.10. The van der Waals surface area contributed by atoms with Crippen molar-refractivity contribution in [1.29, 1.82) is 0 Å².